The molecule has 0 aliphatic heterocycles. The molecule has 2 aromatic rings. The number of hydrogen-bond donors (Lipinski definition) is 0. The van der Waals surface area contributed by atoms with Crippen LogP contribution in [0.25, 0.3) is 0 Å². The summed E-state index contributed by atoms with van der Waals surface area (Å²) in [6, 6.07) is 15.7. The molecule has 0 radical (unpaired) electrons. The second-order valence-electron chi connectivity index (χ2n) is 6.54. The highest BCUT2D eigenvalue weighted by molar-refractivity contribution is 9.10. The Bertz CT molecular complexity index is 769. The van der Waals surface area contributed by atoms with E-state index >= 15 is 0 Å². The molecular weight excluding hydrogens is 378 g/mol. The van der Waals surface area contributed by atoms with Crippen molar-refractivity contribution < 1.29 is 9.59 Å². The molecule has 1 amide bonds. The largest absolute Gasteiger partial charge is 0.334 e. The van der Waals surface area contributed by atoms with Crippen molar-refractivity contribution in [1.82, 2.24) is 4.90 Å². The fourth-order valence-electron chi connectivity index (χ4n) is 2.88. The Morgan fingerprint density at radius 1 is 1.08 bits per heavy atom. The summed E-state index contributed by atoms with van der Waals surface area (Å²) >= 11 is 3.57. The summed E-state index contributed by atoms with van der Waals surface area (Å²) in [6.07, 6.45) is 2.45. The fraction of sp³-hybridized carbons (Fsp3) is 0.333. The minimum absolute atomic E-state index is 0.122. The summed E-state index contributed by atoms with van der Waals surface area (Å²) in [5.74, 6) is 0.503. The molecule has 0 unspecified atom stereocenters. The Labute approximate surface area is 157 Å². The Morgan fingerprint density at radius 3 is 2.44 bits per heavy atom. The van der Waals surface area contributed by atoms with Crippen molar-refractivity contribution in [1.29, 1.82) is 0 Å². The lowest BCUT2D eigenvalue weighted by atomic mass is 10.0. The van der Waals surface area contributed by atoms with E-state index < -0.39 is 0 Å². The van der Waals surface area contributed by atoms with Crippen LogP contribution in [0.3, 0.4) is 0 Å². The number of benzene rings is 2. The van der Waals surface area contributed by atoms with Gasteiger partial charge in [-0.25, -0.2) is 0 Å². The van der Waals surface area contributed by atoms with Gasteiger partial charge in [0.2, 0.25) is 5.91 Å². The third-order valence-electron chi connectivity index (χ3n) is 4.50. The number of rotatable bonds is 7. The standard InChI is InChI=1S/C21H22BrNO2/c1-2-20(24)17-10-11-19(22)18(12-17)14-23(21(25)16-8-9-16)13-15-6-4-3-5-7-15/h3-7,10-12,16H,2,8-9,13-14H2,1H3. The van der Waals surface area contributed by atoms with Crippen molar-refractivity contribution >= 4 is 27.6 Å². The van der Waals surface area contributed by atoms with E-state index in [1.165, 1.54) is 0 Å². The zero-order valence-electron chi connectivity index (χ0n) is 14.4. The van der Waals surface area contributed by atoms with Gasteiger partial charge in [-0.3, -0.25) is 9.59 Å². The van der Waals surface area contributed by atoms with Gasteiger partial charge in [-0.2, -0.15) is 0 Å². The van der Waals surface area contributed by atoms with Gasteiger partial charge in [-0.15, -0.1) is 0 Å². The molecule has 0 saturated heterocycles. The van der Waals surface area contributed by atoms with Gasteiger partial charge in [0, 0.05) is 35.5 Å². The molecule has 0 spiro atoms. The first kappa shape index (κ1) is 17.9. The van der Waals surface area contributed by atoms with E-state index in [1.54, 1.807) is 0 Å². The summed E-state index contributed by atoms with van der Waals surface area (Å²) in [4.78, 5) is 26.7. The van der Waals surface area contributed by atoms with Crippen molar-refractivity contribution in [2.45, 2.75) is 39.3 Å². The average molecular weight is 400 g/mol. The number of Topliss-reactive ketones (excluding diaryl/α,β-unsaturated/α-hetero) is 1. The minimum Gasteiger partial charge on any atom is -0.334 e. The number of carbonyl (C=O) groups excluding carboxylic acids is 2. The van der Waals surface area contributed by atoms with Crippen LogP contribution in [-0.4, -0.2) is 16.6 Å². The number of hydrogen-bond acceptors (Lipinski definition) is 2. The third kappa shape index (κ3) is 4.57. The Kier molecular flexibility index (Phi) is 5.69. The first-order chi connectivity index (χ1) is 12.1. The highest BCUT2D eigenvalue weighted by Crippen LogP contribution is 2.32. The Morgan fingerprint density at radius 2 is 1.80 bits per heavy atom. The molecule has 0 bridgehead atoms. The molecular formula is C21H22BrNO2. The van der Waals surface area contributed by atoms with Gasteiger partial charge in [0.1, 0.15) is 0 Å². The molecule has 0 aromatic heterocycles. The first-order valence-corrected chi connectivity index (χ1v) is 9.52. The highest BCUT2D eigenvalue weighted by atomic mass is 79.9. The van der Waals surface area contributed by atoms with E-state index in [1.807, 2.05) is 60.4 Å². The number of carbonyl (C=O) groups is 2. The fourth-order valence-corrected chi connectivity index (χ4v) is 3.26. The highest BCUT2D eigenvalue weighted by Gasteiger charge is 2.33. The van der Waals surface area contributed by atoms with Crippen molar-refractivity contribution in [3.05, 3.63) is 69.7 Å². The third-order valence-corrected chi connectivity index (χ3v) is 5.28. The van der Waals surface area contributed by atoms with Crippen LogP contribution in [0.5, 0.6) is 0 Å². The van der Waals surface area contributed by atoms with E-state index in [0.717, 1.165) is 28.4 Å². The second kappa shape index (κ2) is 7.96. The summed E-state index contributed by atoms with van der Waals surface area (Å²) in [5, 5.41) is 0. The van der Waals surface area contributed by atoms with E-state index in [-0.39, 0.29) is 17.6 Å². The van der Waals surface area contributed by atoms with Crippen molar-refractivity contribution in [2.75, 3.05) is 0 Å². The lowest BCUT2D eigenvalue weighted by Gasteiger charge is -2.24. The van der Waals surface area contributed by atoms with E-state index in [9.17, 15) is 9.59 Å². The minimum atomic E-state index is 0.122. The van der Waals surface area contributed by atoms with E-state index in [4.69, 9.17) is 0 Å². The summed E-state index contributed by atoms with van der Waals surface area (Å²) in [5.41, 5.74) is 2.80. The van der Waals surface area contributed by atoms with Crippen LogP contribution in [0.15, 0.2) is 53.0 Å². The van der Waals surface area contributed by atoms with Crippen LogP contribution in [0, 0.1) is 5.92 Å². The monoisotopic (exact) mass is 399 g/mol. The average Bonchev–Trinajstić information content (AvgIpc) is 3.47. The van der Waals surface area contributed by atoms with Gasteiger partial charge >= 0.3 is 0 Å². The van der Waals surface area contributed by atoms with E-state index in [2.05, 4.69) is 15.9 Å². The number of amides is 1. The van der Waals surface area contributed by atoms with Crippen molar-refractivity contribution in [2.24, 2.45) is 5.92 Å². The van der Waals surface area contributed by atoms with Gasteiger partial charge in [0.05, 0.1) is 0 Å². The Hall–Kier alpha value is -1.94. The number of ketones is 1. The van der Waals surface area contributed by atoms with Gasteiger partial charge in [-0.05, 0) is 36.1 Å². The first-order valence-electron chi connectivity index (χ1n) is 8.72. The number of nitrogens with zero attached hydrogens (tertiary/aromatic N) is 1. The molecule has 2 aromatic carbocycles. The van der Waals surface area contributed by atoms with Gasteiger partial charge < -0.3 is 4.90 Å². The molecule has 130 valence electrons. The molecule has 0 heterocycles. The maximum atomic E-state index is 12.7. The summed E-state index contributed by atoms with van der Waals surface area (Å²) < 4.78 is 0.932. The second-order valence-corrected chi connectivity index (χ2v) is 7.39. The normalized spacial score (nSPS) is 13.5. The maximum Gasteiger partial charge on any atom is 0.226 e. The molecule has 1 aliphatic rings. The SMILES string of the molecule is CCC(=O)c1ccc(Br)c(CN(Cc2ccccc2)C(=O)C2CC2)c1. The van der Waals surface area contributed by atoms with Crippen LogP contribution in [0.1, 0.15) is 47.7 Å². The maximum absolute atomic E-state index is 12.7. The molecule has 3 rings (SSSR count). The number of halogens is 1. The molecule has 1 saturated carbocycles. The predicted octanol–water partition coefficient (Wildman–Crippen LogP) is 4.98. The topological polar surface area (TPSA) is 37.4 Å². The Balaban J connectivity index is 1.84. The van der Waals surface area contributed by atoms with E-state index in [0.29, 0.717) is 25.1 Å². The quantitative estimate of drug-likeness (QED) is 0.615. The molecule has 1 aliphatic carbocycles. The smallest absolute Gasteiger partial charge is 0.226 e. The van der Waals surface area contributed by atoms with Crippen LogP contribution in [0.2, 0.25) is 0 Å². The van der Waals surface area contributed by atoms with Crippen LogP contribution in [0.4, 0.5) is 0 Å². The van der Waals surface area contributed by atoms with Crippen molar-refractivity contribution in [3.63, 3.8) is 0 Å². The summed E-state index contributed by atoms with van der Waals surface area (Å²) in [7, 11) is 0. The lowest BCUT2D eigenvalue weighted by molar-refractivity contribution is -0.133. The van der Waals surface area contributed by atoms with Crippen molar-refractivity contribution in [3.8, 4) is 0 Å². The molecule has 4 heteroatoms. The van der Waals surface area contributed by atoms with Gasteiger partial charge in [0.15, 0.2) is 5.78 Å². The van der Waals surface area contributed by atoms with Crippen LogP contribution >= 0.6 is 15.9 Å². The predicted molar refractivity (Wildman–Crippen MR) is 102 cm³/mol. The molecule has 25 heavy (non-hydrogen) atoms. The van der Waals surface area contributed by atoms with Gasteiger partial charge in [-0.1, -0.05) is 59.3 Å². The molecule has 0 atom stereocenters. The molecule has 0 N–H and O–H groups in total. The lowest BCUT2D eigenvalue weighted by Crippen LogP contribution is -2.31. The molecule has 1 fully saturated rings. The van der Waals surface area contributed by atoms with Gasteiger partial charge in [0.25, 0.3) is 0 Å². The summed E-state index contributed by atoms with van der Waals surface area (Å²) in [6.45, 7) is 2.96. The zero-order valence-corrected chi connectivity index (χ0v) is 16.0. The molecule has 3 nitrogen and oxygen atoms in total. The zero-order chi connectivity index (χ0) is 17.8. The van der Waals surface area contributed by atoms with Crippen LogP contribution < -0.4 is 0 Å². The van der Waals surface area contributed by atoms with Crippen LogP contribution in [-0.2, 0) is 17.9 Å².